The van der Waals surface area contributed by atoms with E-state index in [-0.39, 0.29) is 0 Å². The van der Waals surface area contributed by atoms with E-state index in [0.717, 1.165) is 19.3 Å². The predicted octanol–water partition coefficient (Wildman–Crippen LogP) is 4.73. The third-order valence-corrected chi connectivity index (χ3v) is 3.79. The second kappa shape index (κ2) is 9.57. The normalized spacial score (nSPS) is 11.3. The van der Waals surface area contributed by atoms with Gasteiger partial charge in [-0.25, -0.2) is 0 Å². The number of aldehydes is 1. The molecule has 2 heteroatoms. The van der Waals surface area contributed by atoms with Gasteiger partial charge in [0, 0.05) is 25.7 Å². The summed E-state index contributed by atoms with van der Waals surface area (Å²) in [6.45, 7) is 13.7. The van der Waals surface area contributed by atoms with Crippen molar-refractivity contribution in [3.8, 4) is 0 Å². The number of rotatable bonds is 6. The summed E-state index contributed by atoms with van der Waals surface area (Å²) in [6, 6.07) is 4.45. The number of hydrogen-bond acceptors (Lipinski definition) is 2. The zero-order valence-electron chi connectivity index (χ0n) is 14.3. The molecule has 1 atom stereocenters. The summed E-state index contributed by atoms with van der Waals surface area (Å²) in [5.74, 6) is 0.514. The van der Waals surface area contributed by atoms with Gasteiger partial charge in [-0.2, -0.15) is 0 Å². The molecule has 1 aromatic carbocycles. The van der Waals surface area contributed by atoms with Crippen LogP contribution in [0, 0.1) is 6.92 Å². The van der Waals surface area contributed by atoms with Crippen molar-refractivity contribution in [1.82, 2.24) is 0 Å². The number of hydrogen-bond donors (Lipinski definition) is 0. The maximum absolute atomic E-state index is 10.9. The minimum absolute atomic E-state index is 0.514. The molecular formula is C18H31NO. The van der Waals surface area contributed by atoms with Gasteiger partial charge in [0.1, 0.15) is 6.29 Å². The third kappa shape index (κ3) is 4.66. The fraction of sp³-hybridized carbons (Fsp3) is 0.611. The topological polar surface area (TPSA) is 20.3 Å². The van der Waals surface area contributed by atoms with Gasteiger partial charge in [0.2, 0.25) is 0 Å². The minimum atomic E-state index is 0.514. The lowest BCUT2D eigenvalue weighted by Crippen LogP contribution is -2.18. The molecule has 0 saturated heterocycles. The molecule has 1 rings (SSSR count). The van der Waals surface area contributed by atoms with E-state index in [1.54, 1.807) is 0 Å². The van der Waals surface area contributed by atoms with Gasteiger partial charge in [-0.15, -0.1) is 0 Å². The maximum Gasteiger partial charge on any atom is 0.124 e. The lowest BCUT2D eigenvalue weighted by molar-refractivity contribution is -0.107. The Bertz CT molecular complexity index is 412. The van der Waals surface area contributed by atoms with E-state index in [1.807, 2.05) is 13.8 Å². The predicted molar refractivity (Wildman–Crippen MR) is 89.9 cm³/mol. The summed E-state index contributed by atoms with van der Waals surface area (Å²) in [7, 11) is 2.09. The molecule has 0 bridgehead atoms. The van der Waals surface area contributed by atoms with Crippen molar-refractivity contribution in [2.24, 2.45) is 0 Å². The van der Waals surface area contributed by atoms with Crippen LogP contribution in [0.25, 0.3) is 0 Å². The Morgan fingerprint density at radius 3 is 2.30 bits per heavy atom. The molecule has 0 aromatic heterocycles. The monoisotopic (exact) mass is 277 g/mol. The first-order valence-electron chi connectivity index (χ1n) is 7.83. The number of aryl methyl sites for hydroxylation is 1. The highest BCUT2D eigenvalue weighted by molar-refractivity contribution is 5.63. The highest BCUT2D eigenvalue weighted by Crippen LogP contribution is 2.30. The Hall–Kier alpha value is -1.31. The van der Waals surface area contributed by atoms with Crippen LogP contribution in [0.15, 0.2) is 12.1 Å². The van der Waals surface area contributed by atoms with Gasteiger partial charge in [0.05, 0.1) is 0 Å². The van der Waals surface area contributed by atoms with E-state index in [2.05, 4.69) is 51.8 Å². The van der Waals surface area contributed by atoms with Crippen LogP contribution >= 0.6 is 0 Å². The smallest absolute Gasteiger partial charge is 0.124 e. The number of carbonyl (C=O) groups is 1. The summed E-state index contributed by atoms with van der Waals surface area (Å²) < 4.78 is 0. The molecule has 0 radical (unpaired) electrons. The summed E-state index contributed by atoms with van der Waals surface area (Å²) in [4.78, 5) is 13.1. The van der Waals surface area contributed by atoms with Gasteiger partial charge in [-0.3, -0.25) is 0 Å². The summed E-state index contributed by atoms with van der Waals surface area (Å²) in [5.41, 5.74) is 5.04. The van der Waals surface area contributed by atoms with E-state index < -0.39 is 0 Å². The highest BCUT2D eigenvalue weighted by Gasteiger charge is 2.13. The Morgan fingerprint density at radius 1 is 1.25 bits per heavy atom. The van der Waals surface area contributed by atoms with E-state index in [9.17, 15) is 4.79 Å². The van der Waals surface area contributed by atoms with Crippen LogP contribution in [0.1, 0.15) is 63.6 Å². The van der Waals surface area contributed by atoms with E-state index in [4.69, 9.17) is 0 Å². The molecule has 2 nitrogen and oxygen atoms in total. The van der Waals surface area contributed by atoms with Crippen LogP contribution in [0.4, 0.5) is 5.69 Å². The van der Waals surface area contributed by atoms with Crippen molar-refractivity contribution in [2.75, 3.05) is 18.5 Å². The Kier molecular flexibility index (Phi) is 8.94. The summed E-state index contributed by atoms with van der Waals surface area (Å²) in [6.07, 6.45) is 2.63. The van der Waals surface area contributed by atoms with Crippen LogP contribution in [-0.4, -0.2) is 19.9 Å². The maximum atomic E-state index is 10.9. The molecule has 0 aliphatic heterocycles. The number of nitrogens with zero attached hydrogens (tertiary/aromatic N) is 1. The van der Waals surface area contributed by atoms with Gasteiger partial charge in [0.25, 0.3) is 0 Å². The fourth-order valence-electron chi connectivity index (χ4n) is 2.29. The average Bonchev–Trinajstić information content (AvgIpc) is 2.49. The Balaban J connectivity index is 0.00000172. The van der Waals surface area contributed by atoms with Crippen LogP contribution in [0.5, 0.6) is 0 Å². The molecule has 1 aromatic rings. The molecule has 0 heterocycles. The molecule has 0 N–H and O–H groups in total. The second-order valence-electron chi connectivity index (χ2n) is 5.03. The van der Waals surface area contributed by atoms with Gasteiger partial charge in [-0.05, 0) is 48.9 Å². The van der Waals surface area contributed by atoms with E-state index >= 15 is 0 Å². The second-order valence-corrected chi connectivity index (χ2v) is 5.03. The van der Waals surface area contributed by atoms with Crippen molar-refractivity contribution in [2.45, 2.75) is 60.3 Å². The van der Waals surface area contributed by atoms with Crippen LogP contribution in [0.3, 0.4) is 0 Å². The quantitative estimate of drug-likeness (QED) is 0.700. The van der Waals surface area contributed by atoms with Crippen LogP contribution in [-0.2, 0) is 11.2 Å². The highest BCUT2D eigenvalue weighted by atomic mass is 16.1. The SMILES string of the molecule is CC.CCC(C)c1cc(C)c(N(C)CC)cc1CC=O. The molecule has 1 unspecified atom stereocenters. The lowest BCUT2D eigenvalue weighted by atomic mass is 9.90. The van der Waals surface area contributed by atoms with Gasteiger partial charge < -0.3 is 9.69 Å². The van der Waals surface area contributed by atoms with E-state index in [0.29, 0.717) is 12.3 Å². The third-order valence-electron chi connectivity index (χ3n) is 3.79. The Labute approximate surface area is 125 Å². The summed E-state index contributed by atoms with van der Waals surface area (Å²) >= 11 is 0. The average molecular weight is 277 g/mol. The Morgan fingerprint density at radius 2 is 1.85 bits per heavy atom. The van der Waals surface area contributed by atoms with Crippen molar-refractivity contribution >= 4 is 12.0 Å². The molecule has 0 amide bonds. The number of benzene rings is 1. The van der Waals surface area contributed by atoms with Crippen LogP contribution in [0.2, 0.25) is 0 Å². The molecule has 0 aliphatic rings. The zero-order valence-corrected chi connectivity index (χ0v) is 14.3. The number of anilines is 1. The molecule has 0 saturated carbocycles. The molecular weight excluding hydrogens is 246 g/mol. The zero-order chi connectivity index (χ0) is 15.7. The van der Waals surface area contributed by atoms with Crippen molar-refractivity contribution in [1.29, 1.82) is 0 Å². The fourth-order valence-corrected chi connectivity index (χ4v) is 2.29. The van der Waals surface area contributed by atoms with Crippen molar-refractivity contribution in [3.63, 3.8) is 0 Å². The minimum Gasteiger partial charge on any atom is -0.375 e. The number of carbonyl (C=O) groups excluding carboxylic acids is 1. The first-order chi connectivity index (χ1) is 9.54. The largest absolute Gasteiger partial charge is 0.375 e. The summed E-state index contributed by atoms with van der Waals surface area (Å²) in [5, 5.41) is 0. The van der Waals surface area contributed by atoms with Gasteiger partial charge in [-0.1, -0.05) is 33.8 Å². The molecule has 114 valence electrons. The van der Waals surface area contributed by atoms with Crippen molar-refractivity contribution < 1.29 is 4.79 Å². The van der Waals surface area contributed by atoms with Crippen LogP contribution < -0.4 is 4.90 Å². The molecule has 0 aliphatic carbocycles. The first kappa shape index (κ1) is 18.7. The molecule has 0 fully saturated rings. The van der Waals surface area contributed by atoms with E-state index in [1.165, 1.54) is 22.4 Å². The molecule has 0 spiro atoms. The molecule has 20 heavy (non-hydrogen) atoms. The first-order valence-corrected chi connectivity index (χ1v) is 7.83. The van der Waals surface area contributed by atoms with Crippen molar-refractivity contribution in [3.05, 3.63) is 28.8 Å². The standard InChI is InChI=1S/C16H25NO.C2H6/c1-6-12(3)15-10-13(4)16(17(5)7-2)11-14(15)8-9-18;1-2/h9-12H,6-8H2,1-5H3;1-2H3. The lowest BCUT2D eigenvalue weighted by Gasteiger charge is -2.23. The van der Waals surface area contributed by atoms with Gasteiger partial charge in [0.15, 0.2) is 0 Å². The van der Waals surface area contributed by atoms with Gasteiger partial charge >= 0.3 is 0 Å².